The van der Waals surface area contributed by atoms with Crippen LogP contribution < -0.4 is 0 Å². The van der Waals surface area contributed by atoms with Crippen molar-refractivity contribution in [2.75, 3.05) is 0 Å². The van der Waals surface area contributed by atoms with Gasteiger partial charge in [0.15, 0.2) is 0 Å². The molecule has 0 nitrogen and oxygen atoms in total. The molecule has 26 heavy (non-hydrogen) atoms. The van der Waals surface area contributed by atoms with Gasteiger partial charge in [-0.3, -0.25) is 0 Å². The van der Waals surface area contributed by atoms with E-state index in [1.807, 2.05) is 0 Å². The van der Waals surface area contributed by atoms with Crippen LogP contribution in [0.5, 0.6) is 0 Å². The van der Waals surface area contributed by atoms with E-state index in [9.17, 15) is 0 Å². The number of aryl methyl sites for hydroxylation is 2. The molecule has 2 aliphatic rings. The van der Waals surface area contributed by atoms with Gasteiger partial charge in [-0.2, -0.15) is 0 Å². The molecule has 2 unspecified atom stereocenters. The standard InChI is InChI=1S/2C12H13.Hf.H2Si/c2*1-3-10-7-11-6-4-5-9(2)12(11)8-10;;/h2*4-8H,3H2,1-2H3;;1H2. The van der Waals surface area contributed by atoms with Crippen molar-refractivity contribution in [1.82, 2.24) is 0 Å². The summed E-state index contributed by atoms with van der Waals surface area (Å²) in [4.78, 5) is 0. The number of fused-ring (bicyclic) bond motifs is 2. The maximum atomic E-state index is 2.54. The van der Waals surface area contributed by atoms with Crippen LogP contribution >= 0.6 is 0 Å². The molecule has 0 aliphatic heterocycles. The van der Waals surface area contributed by atoms with E-state index in [4.69, 9.17) is 0 Å². The summed E-state index contributed by atoms with van der Waals surface area (Å²) >= 11 is -1.98. The molecule has 2 atom stereocenters. The van der Waals surface area contributed by atoms with Crippen LogP contribution in [0, 0.1) is 13.8 Å². The monoisotopic (exact) mass is 524 g/mol. The van der Waals surface area contributed by atoms with Gasteiger partial charge in [-0.1, -0.05) is 0 Å². The Bertz CT molecular complexity index is 887. The van der Waals surface area contributed by atoms with Gasteiger partial charge in [-0.05, 0) is 0 Å². The van der Waals surface area contributed by atoms with Gasteiger partial charge in [0.25, 0.3) is 0 Å². The van der Waals surface area contributed by atoms with Crippen LogP contribution in [0.4, 0.5) is 0 Å². The fourth-order valence-electron chi connectivity index (χ4n) is 4.90. The van der Waals surface area contributed by atoms with Crippen molar-refractivity contribution >= 4 is 19.1 Å². The van der Waals surface area contributed by atoms with Crippen LogP contribution in [0.15, 0.2) is 47.5 Å². The number of benzene rings is 2. The molecule has 0 heterocycles. The first-order valence-electron chi connectivity index (χ1n) is 9.85. The average Bonchev–Trinajstić information content (AvgIpc) is 3.21. The van der Waals surface area contributed by atoms with Gasteiger partial charge in [0.1, 0.15) is 0 Å². The molecule has 0 N–H and O–H groups in total. The predicted molar refractivity (Wildman–Crippen MR) is 113 cm³/mol. The minimum absolute atomic E-state index is 0.768. The maximum absolute atomic E-state index is 2.54. The quantitative estimate of drug-likeness (QED) is 0.441. The summed E-state index contributed by atoms with van der Waals surface area (Å²) in [5.41, 5.74) is 12.7. The Morgan fingerprint density at radius 1 is 0.769 bits per heavy atom. The number of rotatable bonds is 4. The van der Waals surface area contributed by atoms with E-state index in [1.54, 1.807) is 22.3 Å². The Hall–Kier alpha value is -0.993. The van der Waals surface area contributed by atoms with Crippen molar-refractivity contribution in [3.8, 4) is 0 Å². The summed E-state index contributed by atoms with van der Waals surface area (Å²) in [5.74, 6) is 0. The number of allylic oxidation sites excluding steroid dienone is 2. The molecule has 0 amide bonds. The molecule has 4 rings (SSSR count). The fraction of sp³-hybridized carbons (Fsp3) is 0.333. The summed E-state index contributed by atoms with van der Waals surface area (Å²) in [7, 11) is 0. The second kappa shape index (κ2) is 7.20. The molecule has 2 aromatic rings. The molecule has 0 saturated heterocycles. The molecule has 132 valence electrons. The Morgan fingerprint density at radius 3 is 1.58 bits per heavy atom. The molecule has 0 bridgehead atoms. The molecule has 2 heteroatoms. The topological polar surface area (TPSA) is 0 Å². The van der Waals surface area contributed by atoms with E-state index in [0.29, 0.717) is 0 Å². The van der Waals surface area contributed by atoms with Crippen LogP contribution in [0.25, 0.3) is 12.2 Å². The van der Waals surface area contributed by atoms with Crippen molar-refractivity contribution < 1.29 is 20.1 Å². The van der Waals surface area contributed by atoms with Gasteiger partial charge in [0, 0.05) is 0 Å². The zero-order valence-corrected chi connectivity index (χ0v) is 21.4. The normalized spacial score (nSPS) is 20.5. The Balaban J connectivity index is 1.82. The number of hydrogen-bond acceptors (Lipinski definition) is 0. The minimum atomic E-state index is -1.98. The molecular formula is C24H28HfSi. The SMILES string of the molecule is CCC1=Cc2c(C)cccc2[CH]1[Hf](=[SiH2])[CH]1C(CC)=Cc2c(C)cccc21. The summed E-state index contributed by atoms with van der Waals surface area (Å²) in [6.45, 7) is 11.7. The van der Waals surface area contributed by atoms with Crippen LogP contribution in [-0.2, 0) is 20.1 Å². The van der Waals surface area contributed by atoms with E-state index in [2.05, 4.69) is 83.2 Å². The van der Waals surface area contributed by atoms with Gasteiger partial charge in [0.2, 0.25) is 0 Å². The molecule has 0 spiro atoms. The van der Waals surface area contributed by atoms with Crippen LogP contribution in [-0.4, -0.2) is 6.94 Å². The third-order valence-electron chi connectivity index (χ3n) is 6.30. The van der Waals surface area contributed by atoms with Crippen molar-refractivity contribution in [2.45, 2.75) is 47.9 Å². The van der Waals surface area contributed by atoms with E-state index in [-0.39, 0.29) is 0 Å². The molecule has 2 aliphatic carbocycles. The van der Waals surface area contributed by atoms with Gasteiger partial charge < -0.3 is 0 Å². The zero-order valence-electron chi connectivity index (χ0n) is 16.4. The second-order valence-corrected chi connectivity index (χ2v) is 22.7. The zero-order chi connectivity index (χ0) is 18.4. The van der Waals surface area contributed by atoms with E-state index in [0.717, 1.165) is 7.35 Å². The fourth-order valence-corrected chi connectivity index (χ4v) is 24.2. The van der Waals surface area contributed by atoms with E-state index >= 15 is 0 Å². The molecule has 0 saturated carbocycles. The summed E-state index contributed by atoms with van der Waals surface area (Å²) in [6, 6.07) is 14.0. The van der Waals surface area contributed by atoms with Crippen LogP contribution in [0.2, 0.25) is 0 Å². The van der Waals surface area contributed by atoms with E-state index < -0.39 is 20.1 Å². The van der Waals surface area contributed by atoms with E-state index in [1.165, 1.54) is 35.1 Å². The Labute approximate surface area is 167 Å². The molecular weight excluding hydrogens is 495 g/mol. The predicted octanol–water partition coefficient (Wildman–Crippen LogP) is 5.87. The van der Waals surface area contributed by atoms with Crippen LogP contribution in [0.1, 0.15) is 67.4 Å². The van der Waals surface area contributed by atoms with Gasteiger partial charge >= 0.3 is 168 Å². The van der Waals surface area contributed by atoms with Crippen molar-refractivity contribution in [3.05, 3.63) is 80.9 Å². The molecule has 2 aromatic carbocycles. The van der Waals surface area contributed by atoms with Gasteiger partial charge in [0.05, 0.1) is 0 Å². The summed E-state index contributed by atoms with van der Waals surface area (Å²) in [5, 5.41) is 0. The molecule has 0 aromatic heterocycles. The molecule has 0 fully saturated rings. The Morgan fingerprint density at radius 2 is 1.19 bits per heavy atom. The Kier molecular flexibility index (Phi) is 5.09. The first-order valence-corrected chi connectivity index (χ1v) is 22.3. The van der Waals surface area contributed by atoms with Crippen molar-refractivity contribution in [3.63, 3.8) is 0 Å². The first kappa shape index (κ1) is 18.4. The third kappa shape index (κ3) is 2.81. The van der Waals surface area contributed by atoms with Gasteiger partial charge in [-0.25, -0.2) is 0 Å². The van der Waals surface area contributed by atoms with Crippen LogP contribution in [0.3, 0.4) is 0 Å². The summed E-state index contributed by atoms with van der Waals surface area (Å²) < 4.78 is 1.54. The third-order valence-corrected chi connectivity index (χ3v) is 23.2. The summed E-state index contributed by atoms with van der Waals surface area (Å²) in [6.07, 6.45) is 7.47. The molecule has 0 radical (unpaired) electrons. The first-order chi connectivity index (χ1) is 12.6. The van der Waals surface area contributed by atoms with Gasteiger partial charge in [-0.15, -0.1) is 0 Å². The number of hydrogen-bond donors (Lipinski definition) is 0. The van der Waals surface area contributed by atoms with Crippen molar-refractivity contribution in [1.29, 1.82) is 0 Å². The van der Waals surface area contributed by atoms with Crippen molar-refractivity contribution in [2.24, 2.45) is 0 Å². The average molecular weight is 523 g/mol. The second-order valence-electron chi connectivity index (χ2n) is 7.74.